The molecule has 0 unspecified atom stereocenters. The second-order valence-corrected chi connectivity index (χ2v) is 7.06. The van der Waals surface area contributed by atoms with Crippen molar-refractivity contribution in [2.45, 2.75) is 0 Å². The summed E-state index contributed by atoms with van der Waals surface area (Å²) in [5, 5.41) is 0. The van der Waals surface area contributed by atoms with Gasteiger partial charge in [0.05, 0.1) is 16.5 Å². The van der Waals surface area contributed by atoms with Crippen LogP contribution in [0.3, 0.4) is 0 Å². The van der Waals surface area contributed by atoms with Crippen molar-refractivity contribution in [1.29, 1.82) is 0 Å². The summed E-state index contributed by atoms with van der Waals surface area (Å²) in [7, 11) is 1.26. The Bertz CT molecular complexity index is 770. The molecule has 1 aromatic rings. The van der Waals surface area contributed by atoms with E-state index in [2.05, 4.69) is 26.6 Å². The van der Waals surface area contributed by atoms with E-state index in [1.54, 1.807) is 24.3 Å². The Morgan fingerprint density at radius 1 is 1.54 bits per heavy atom. The van der Waals surface area contributed by atoms with Gasteiger partial charge in [0.2, 0.25) is 0 Å². The molecule has 5 nitrogen and oxygen atoms in total. The fourth-order valence-corrected chi connectivity index (χ4v) is 3.59. The van der Waals surface area contributed by atoms with Gasteiger partial charge < -0.3 is 9.47 Å². The monoisotopic (exact) mass is 425 g/mol. The summed E-state index contributed by atoms with van der Waals surface area (Å²) in [6, 6.07) is 5.35. The lowest BCUT2D eigenvalue weighted by atomic mass is 10.2. The highest BCUT2D eigenvalue weighted by Crippen LogP contribution is 2.34. The highest BCUT2D eigenvalue weighted by atomic mass is 79.9. The molecule has 1 fully saturated rings. The van der Waals surface area contributed by atoms with Gasteiger partial charge in [-0.05, 0) is 39.7 Å². The summed E-state index contributed by atoms with van der Waals surface area (Å²) < 4.78 is 11.0. The number of thiocarbonyl (C=S) groups is 1. The minimum Gasteiger partial charge on any atom is -0.480 e. The summed E-state index contributed by atoms with van der Waals surface area (Å²) >= 11 is 9.68. The number of halogens is 1. The summed E-state index contributed by atoms with van der Waals surface area (Å²) in [4.78, 5) is 25.4. The molecule has 1 heterocycles. The van der Waals surface area contributed by atoms with E-state index < -0.39 is 5.97 Å². The number of nitrogens with zero attached hydrogens (tertiary/aromatic N) is 1. The molecule has 2 rings (SSSR count). The number of terminal acetylenes is 1. The molecule has 1 aliphatic rings. The van der Waals surface area contributed by atoms with Crippen molar-refractivity contribution in [1.82, 2.24) is 4.90 Å². The minimum atomic E-state index is -0.523. The number of hydrogen-bond donors (Lipinski definition) is 0. The highest BCUT2D eigenvalue weighted by Gasteiger charge is 2.33. The van der Waals surface area contributed by atoms with Crippen molar-refractivity contribution in [3.05, 3.63) is 33.1 Å². The number of thioether (sulfide) groups is 1. The molecule has 0 atom stereocenters. The Morgan fingerprint density at radius 3 is 2.92 bits per heavy atom. The minimum absolute atomic E-state index is 0.171. The molecular formula is C16H12BrNO4S2. The van der Waals surface area contributed by atoms with Gasteiger partial charge in [0.15, 0.2) is 0 Å². The summed E-state index contributed by atoms with van der Waals surface area (Å²) in [5.74, 6) is 2.16. The van der Waals surface area contributed by atoms with Crippen molar-refractivity contribution in [2.24, 2.45) is 0 Å². The SMILES string of the molecule is C#CCOc1ccc(/C=C2\SC(=S)N(CC(=O)OC)C2=O)cc1Br. The van der Waals surface area contributed by atoms with E-state index in [9.17, 15) is 9.59 Å². The molecule has 0 radical (unpaired) electrons. The van der Waals surface area contributed by atoms with Gasteiger partial charge in [0.1, 0.15) is 23.2 Å². The van der Waals surface area contributed by atoms with Crippen LogP contribution in [0.2, 0.25) is 0 Å². The van der Waals surface area contributed by atoms with Crippen molar-refractivity contribution >= 4 is 62.2 Å². The third kappa shape index (κ3) is 4.38. The summed E-state index contributed by atoms with van der Waals surface area (Å²) in [6.07, 6.45) is 6.86. The number of esters is 1. The molecule has 1 amide bonds. The molecule has 0 bridgehead atoms. The molecule has 0 aromatic heterocycles. The second-order valence-electron chi connectivity index (χ2n) is 4.53. The maximum Gasteiger partial charge on any atom is 0.325 e. The van der Waals surface area contributed by atoms with E-state index >= 15 is 0 Å². The standard InChI is InChI=1S/C16H12BrNO4S2/c1-3-6-22-12-5-4-10(7-11(12)17)8-13-15(20)18(16(23)24-13)9-14(19)21-2/h1,4-5,7-8H,6,9H2,2H3/b13-8-. The van der Waals surface area contributed by atoms with Crippen molar-refractivity contribution in [2.75, 3.05) is 20.3 Å². The number of carbonyl (C=O) groups excluding carboxylic acids is 2. The van der Waals surface area contributed by atoms with Crippen LogP contribution in [0.25, 0.3) is 6.08 Å². The van der Waals surface area contributed by atoms with Crippen LogP contribution < -0.4 is 4.74 Å². The number of carbonyl (C=O) groups is 2. The number of amides is 1. The number of ether oxygens (including phenoxy) is 2. The zero-order chi connectivity index (χ0) is 17.7. The van der Waals surface area contributed by atoms with Crippen molar-refractivity contribution < 1.29 is 19.1 Å². The molecule has 0 N–H and O–H groups in total. The predicted octanol–water partition coefficient (Wildman–Crippen LogP) is 2.84. The number of methoxy groups -OCH3 is 1. The fourth-order valence-electron chi connectivity index (χ4n) is 1.82. The number of hydrogen-bond acceptors (Lipinski definition) is 6. The number of benzene rings is 1. The van der Waals surface area contributed by atoms with E-state index in [4.69, 9.17) is 23.4 Å². The first-order chi connectivity index (χ1) is 11.5. The smallest absolute Gasteiger partial charge is 0.325 e. The van der Waals surface area contributed by atoms with Crippen LogP contribution in [0.5, 0.6) is 5.75 Å². The van der Waals surface area contributed by atoms with E-state index in [0.717, 1.165) is 21.8 Å². The van der Waals surface area contributed by atoms with Crippen molar-refractivity contribution in [3.8, 4) is 18.1 Å². The maximum absolute atomic E-state index is 12.3. The zero-order valence-electron chi connectivity index (χ0n) is 12.6. The van der Waals surface area contributed by atoms with Crippen LogP contribution in [0, 0.1) is 12.3 Å². The number of rotatable bonds is 5. The normalized spacial score (nSPS) is 15.5. The predicted molar refractivity (Wildman–Crippen MR) is 100 cm³/mol. The molecule has 1 saturated heterocycles. The zero-order valence-corrected chi connectivity index (χ0v) is 15.8. The molecule has 0 spiro atoms. The molecule has 1 aromatic carbocycles. The Hall–Kier alpha value is -1.82. The maximum atomic E-state index is 12.3. The van der Waals surface area contributed by atoms with E-state index in [1.807, 2.05) is 0 Å². The summed E-state index contributed by atoms with van der Waals surface area (Å²) in [5.41, 5.74) is 0.786. The van der Waals surface area contributed by atoms with Gasteiger partial charge in [-0.15, -0.1) is 6.42 Å². The molecule has 0 aliphatic carbocycles. The first-order valence-corrected chi connectivity index (χ1v) is 8.66. The lowest BCUT2D eigenvalue weighted by molar-refractivity contribution is -0.143. The third-order valence-corrected chi connectivity index (χ3v) is 4.95. The largest absolute Gasteiger partial charge is 0.480 e. The first-order valence-electron chi connectivity index (χ1n) is 6.64. The van der Waals surface area contributed by atoms with Crippen LogP contribution in [0.15, 0.2) is 27.6 Å². The van der Waals surface area contributed by atoms with Crippen molar-refractivity contribution in [3.63, 3.8) is 0 Å². The summed E-state index contributed by atoms with van der Waals surface area (Å²) in [6.45, 7) is -0.0226. The van der Waals surface area contributed by atoms with Gasteiger partial charge in [-0.1, -0.05) is 36.0 Å². The highest BCUT2D eigenvalue weighted by molar-refractivity contribution is 9.10. The molecule has 24 heavy (non-hydrogen) atoms. The van der Waals surface area contributed by atoms with Crippen LogP contribution in [0.1, 0.15) is 5.56 Å². The van der Waals surface area contributed by atoms with Gasteiger partial charge in [-0.25, -0.2) is 0 Å². The van der Waals surface area contributed by atoms with Gasteiger partial charge in [-0.2, -0.15) is 0 Å². The third-order valence-electron chi connectivity index (χ3n) is 2.95. The first kappa shape index (κ1) is 18.5. The average Bonchev–Trinajstić information content (AvgIpc) is 2.81. The van der Waals surface area contributed by atoms with Crippen LogP contribution in [-0.4, -0.2) is 41.4 Å². The molecule has 1 aliphatic heterocycles. The van der Waals surface area contributed by atoms with E-state index in [0.29, 0.717) is 15.0 Å². The molecular weight excluding hydrogens is 414 g/mol. The lowest BCUT2D eigenvalue weighted by Gasteiger charge is -2.11. The Morgan fingerprint density at radius 2 is 2.29 bits per heavy atom. The Labute approximate surface area is 157 Å². The lowest BCUT2D eigenvalue weighted by Crippen LogP contribution is -2.33. The van der Waals surface area contributed by atoms with Crippen LogP contribution in [-0.2, 0) is 14.3 Å². The fraction of sp³-hybridized carbons (Fsp3) is 0.188. The second kappa shape index (κ2) is 8.33. The Kier molecular flexibility index (Phi) is 6.43. The van der Waals surface area contributed by atoms with Gasteiger partial charge in [0.25, 0.3) is 5.91 Å². The van der Waals surface area contributed by atoms with E-state index in [1.165, 1.54) is 12.0 Å². The van der Waals surface area contributed by atoms with E-state index in [-0.39, 0.29) is 19.1 Å². The quantitative estimate of drug-likeness (QED) is 0.313. The van der Waals surface area contributed by atoms with Crippen LogP contribution in [0.4, 0.5) is 0 Å². The average molecular weight is 426 g/mol. The van der Waals surface area contributed by atoms with Gasteiger partial charge in [-0.3, -0.25) is 14.5 Å². The molecule has 8 heteroatoms. The van der Waals surface area contributed by atoms with Gasteiger partial charge in [0, 0.05) is 0 Å². The van der Waals surface area contributed by atoms with Gasteiger partial charge >= 0.3 is 5.97 Å². The molecule has 0 saturated carbocycles. The Balaban J connectivity index is 2.18. The van der Waals surface area contributed by atoms with Crippen LogP contribution >= 0.6 is 39.9 Å². The molecule has 124 valence electrons. The topological polar surface area (TPSA) is 55.8 Å².